The van der Waals surface area contributed by atoms with Crippen LogP contribution in [0.3, 0.4) is 0 Å². The fourth-order valence-corrected chi connectivity index (χ4v) is 4.56. The molecule has 1 aromatic heterocycles. The second kappa shape index (κ2) is 16.1. The molecule has 0 radical (unpaired) electrons. The minimum absolute atomic E-state index is 0.0497. The van der Waals surface area contributed by atoms with Gasteiger partial charge >= 0.3 is 5.97 Å². The lowest BCUT2D eigenvalue weighted by atomic mass is 9.88. The number of aromatic nitrogens is 1. The van der Waals surface area contributed by atoms with Crippen LogP contribution in [-0.2, 0) is 32.0 Å². The summed E-state index contributed by atoms with van der Waals surface area (Å²) in [6.45, 7) is 7.15. The molecular weight excluding hydrogens is 553 g/mol. The van der Waals surface area contributed by atoms with Crippen LogP contribution in [0.4, 0.5) is 4.39 Å². The van der Waals surface area contributed by atoms with Crippen molar-refractivity contribution in [3.8, 4) is 0 Å². The fourth-order valence-electron chi connectivity index (χ4n) is 4.56. The third kappa shape index (κ3) is 10.6. The molecular formula is C33H38FN3O6. The first-order valence-corrected chi connectivity index (χ1v) is 14.3. The molecule has 228 valence electrons. The third-order valence-corrected chi connectivity index (χ3v) is 6.75. The number of benzene rings is 2. The number of carbonyl (C=O) groups is 4. The lowest BCUT2D eigenvalue weighted by Gasteiger charge is -2.25. The van der Waals surface area contributed by atoms with E-state index in [1.807, 2.05) is 30.3 Å². The van der Waals surface area contributed by atoms with Gasteiger partial charge in [-0.05, 0) is 55.9 Å². The Hall–Kier alpha value is -4.60. The highest BCUT2D eigenvalue weighted by Crippen LogP contribution is 2.19. The number of carbonyl (C=O) groups excluding carboxylic acids is 4. The highest BCUT2D eigenvalue weighted by atomic mass is 19.1. The first kappa shape index (κ1) is 32.9. The van der Waals surface area contributed by atoms with Crippen molar-refractivity contribution in [2.45, 2.75) is 59.0 Å². The lowest BCUT2D eigenvalue weighted by Crippen LogP contribution is -2.47. The number of esters is 1. The van der Waals surface area contributed by atoms with Gasteiger partial charge < -0.3 is 19.9 Å². The normalized spacial score (nSPS) is 13.3. The Labute approximate surface area is 250 Å². The van der Waals surface area contributed by atoms with Gasteiger partial charge in [-0.3, -0.25) is 14.4 Å². The second-order valence-corrected chi connectivity index (χ2v) is 10.6. The highest BCUT2D eigenvalue weighted by Gasteiger charge is 2.31. The number of halogens is 1. The maximum absolute atomic E-state index is 13.8. The van der Waals surface area contributed by atoms with Crippen LogP contribution >= 0.6 is 0 Å². The van der Waals surface area contributed by atoms with E-state index in [-0.39, 0.29) is 36.8 Å². The average Bonchev–Trinajstić information content (AvgIpc) is 3.42. The summed E-state index contributed by atoms with van der Waals surface area (Å²) in [7, 11) is 0. The lowest BCUT2D eigenvalue weighted by molar-refractivity contribution is -0.137. The van der Waals surface area contributed by atoms with Crippen LogP contribution in [0.15, 0.2) is 77.3 Å². The van der Waals surface area contributed by atoms with Crippen LogP contribution in [0.5, 0.6) is 0 Å². The number of ether oxygens (including phenoxy) is 1. The first-order chi connectivity index (χ1) is 20.5. The zero-order chi connectivity index (χ0) is 31.4. The summed E-state index contributed by atoms with van der Waals surface area (Å²) in [4.78, 5) is 52.2. The molecule has 0 fully saturated rings. The van der Waals surface area contributed by atoms with Crippen molar-refractivity contribution in [1.29, 1.82) is 0 Å². The summed E-state index contributed by atoms with van der Waals surface area (Å²) in [6.07, 6.45) is 3.19. The number of Topliss-reactive ketones (excluding diaryl/α,β-unsaturated/α-hetero) is 1. The minimum Gasteiger partial charge on any atom is -0.463 e. The minimum atomic E-state index is -0.892. The number of hydrogen-bond donors (Lipinski definition) is 2. The largest absolute Gasteiger partial charge is 0.463 e. The van der Waals surface area contributed by atoms with E-state index in [2.05, 4.69) is 15.8 Å². The third-order valence-electron chi connectivity index (χ3n) is 6.75. The smallest absolute Gasteiger partial charge is 0.330 e. The quantitative estimate of drug-likeness (QED) is 0.196. The van der Waals surface area contributed by atoms with Gasteiger partial charge in [-0.1, -0.05) is 67.5 Å². The highest BCUT2D eigenvalue weighted by molar-refractivity contribution is 5.97. The van der Waals surface area contributed by atoms with E-state index >= 15 is 0 Å². The van der Waals surface area contributed by atoms with Gasteiger partial charge in [0.1, 0.15) is 11.6 Å². The molecule has 0 spiro atoms. The van der Waals surface area contributed by atoms with Gasteiger partial charge in [0, 0.05) is 24.5 Å². The summed E-state index contributed by atoms with van der Waals surface area (Å²) in [6, 6.07) is 15.2. The van der Waals surface area contributed by atoms with Crippen LogP contribution < -0.4 is 10.6 Å². The monoisotopic (exact) mass is 591 g/mol. The topological polar surface area (TPSA) is 128 Å². The van der Waals surface area contributed by atoms with Crippen molar-refractivity contribution in [3.05, 3.63) is 101 Å². The molecule has 0 aliphatic heterocycles. The number of amides is 2. The Morgan fingerprint density at radius 1 is 0.977 bits per heavy atom. The standard InChI is InChI=1S/C33H38FN3O6/c1-5-42-30(39)16-15-27(19-23-9-7-6-8-10-23)35-32(40)25(18-24-11-13-26(34)14-12-24)20-29(38)31(21(2)3)36-33(41)28-17-22(4)43-37-28/h6-17,21,25,27,31H,5,18-20H2,1-4H3,(H,35,40)(H,36,41)/b16-15+/t25-,27-,31+/m1/s1. The van der Waals surface area contributed by atoms with Crippen molar-refractivity contribution in [2.75, 3.05) is 6.61 Å². The van der Waals surface area contributed by atoms with Crippen LogP contribution in [0.25, 0.3) is 0 Å². The van der Waals surface area contributed by atoms with E-state index in [9.17, 15) is 23.6 Å². The Bertz CT molecular complexity index is 1400. The van der Waals surface area contributed by atoms with Crippen molar-refractivity contribution >= 4 is 23.6 Å². The zero-order valence-corrected chi connectivity index (χ0v) is 24.8. The maximum atomic E-state index is 13.8. The van der Waals surface area contributed by atoms with Gasteiger partial charge in [0.2, 0.25) is 5.91 Å². The van der Waals surface area contributed by atoms with E-state index in [0.717, 1.165) is 5.56 Å². The number of nitrogens with one attached hydrogen (secondary N) is 2. The molecule has 1 heterocycles. The molecule has 9 nitrogen and oxygen atoms in total. The molecule has 3 rings (SSSR count). The van der Waals surface area contributed by atoms with Gasteiger partial charge in [-0.2, -0.15) is 0 Å². The van der Waals surface area contributed by atoms with E-state index in [4.69, 9.17) is 9.26 Å². The van der Waals surface area contributed by atoms with Gasteiger partial charge in [-0.15, -0.1) is 0 Å². The van der Waals surface area contributed by atoms with Crippen molar-refractivity contribution in [3.63, 3.8) is 0 Å². The van der Waals surface area contributed by atoms with E-state index in [0.29, 0.717) is 17.7 Å². The Kier molecular flexibility index (Phi) is 12.4. The summed E-state index contributed by atoms with van der Waals surface area (Å²) in [5.41, 5.74) is 1.64. The average molecular weight is 592 g/mol. The summed E-state index contributed by atoms with van der Waals surface area (Å²) in [5, 5.41) is 9.41. The molecule has 0 saturated carbocycles. The van der Waals surface area contributed by atoms with E-state index in [1.165, 1.54) is 24.3 Å². The SMILES string of the molecule is CCOC(=O)/C=C/[C@H](Cc1ccccc1)NC(=O)[C@@H](CC(=O)[C@@H](NC(=O)c1cc(C)on1)C(C)C)Cc1ccc(F)cc1. The number of hydrogen-bond acceptors (Lipinski definition) is 7. The molecule has 0 unspecified atom stereocenters. The molecule has 3 aromatic rings. The molecule has 0 aliphatic carbocycles. The summed E-state index contributed by atoms with van der Waals surface area (Å²) in [5.74, 6) is -2.95. The molecule has 3 atom stereocenters. The molecule has 0 bridgehead atoms. The molecule has 2 aromatic carbocycles. The van der Waals surface area contributed by atoms with Gasteiger partial charge in [0.25, 0.3) is 5.91 Å². The molecule has 2 N–H and O–H groups in total. The Balaban J connectivity index is 1.84. The van der Waals surface area contributed by atoms with Crippen LogP contribution in [0, 0.1) is 24.6 Å². The summed E-state index contributed by atoms with van der Waals surface area (Å²) < 4.78 is 23.6. The van der Waals surface area contributed by atoms with Crippen molar-refractivity contribution < 1.29 is 32.8 Å². The molecule has 43 heavy (non-hydrogen) atoms. The second-order valence-electron chi connectivity index (χ2n) is 10.6. The van der Waals surface area contributed by atoms with Gasteiger partial charge in [-0.25, -0.2) is 9.18 Å². The predicted molar refractivity (Wildman–Crippen MR) is 158 cm³/mol. The Morgan fingerprint density at radius 3 is 2.26 bits per heavy atom. The fraction of sp³-hybridized carbons (Fsp3) is 0.364. The molecule has 0 saturated heterocycles. The van der Waals surface area contributed by atoms with Gasteiger partial charge in [0.05, 0.1) is 18.7 Å². The van der Waals surface area contributed by atoms with E-state index < -0.39 is 41.6 Å². The zero-order valence-electron chi connectivity index (χ0n) is 24.8. The number of nitrogens with zero attached hydrogens (tertiary/aromatic N) is 1. The summed E-state index contributed by atoms with van der Waals surface area (Å²) >= 11 is 0. The van der Waals surface area contributed by atoms with Crippen LogP contribution in [0.1, 0.15) is 54.6 Å². The molecule has 10 heteroatoms. The first-order valence-electron chi connectivity index (χ1n) is 14.3. The molecule has 2 amide bonds. The van der Waals surface area contributed by atoms with Crippen molar-refractivity contribution in [2.24, 2.45) is 11.8 Å². The number of aryl methyl sites for hydroxylation is 1. The van der Waals surface area contributed by atoms with E-state index in [1.54, 1.807) is 45.9 Å². The number of rotatable bonds is 15. The van der Waals surface area contributed by atoms with Crippen LogP contribution in [0.2, 0.25) is 0 Å². The number of ketones is 1. The maximum Gasteiger partial charge on any atom is 0.330 e. The van der Waals surface area contributed by atoms with Crippen molar-refractivity contribution in [1.82, 2.24) is 15.8 Å². The van der Waals surface area contributed by atoms with Gasteiger partial charge in [0.15, 0.2) is 11.5 Å². The molecule has 0 aliphatic rings. The Morgan fingerprint density at radius 2 is 1.65 bits per heavy atom. The predicted octanol–water partition coefficient (Wildman–Crippen LogP) is 4.54. The van der Waals surface area contributed by atoms with Crippen LogP contribution in [-0.4, -0.2) is 47.4 Å².